The minimum absolute atomic E-state index is 0.241. The fraction of sp³-hybridized carbons (Fsp3) is 0.409. The lowest BCUT2D eigenvalue weighted by Crippen LogP contribution is -2.42. The van der Waals surface area contributed by atoms with Crippen molar-refractivity contribution in [3.63, 3.8) is 0 Å². The molecule has 1 aromatic heterocycles. The summed E-state index contributed by atoms with van der Waals surface area (Å²) in [5.74, 6) is 0.876. The van der Waals surface area contributed by atoms with E-state index in [0.717, 1.165) is 30.4 Å². The van der Waals surface area contributed by atoms with Crippen molar-refractivity contribution in [2.24, 2.45) is 11.1 Å². The zero-order valence-corrected chi connectivity index (χ0v) is 16.9. The second kappa shape index (κ2) is 8.82. The molecule has 1 atom stereocenters. The third-order valence-electron chi connectivity index (χ3n) is 5.43. The van der Waals surface area contributed by atoms with Gasteiger partial charge < -0.3 is 15.3 Å². The maximum atomic E-state index is 12.8. The number of oxime groups is 1. The third-order valence-corrected chi connectivity index (χ3v) is 5.68. The van der Waals surface area contributed by atoms with Gasteiger partial charge in [0.15, 0.2) is 0 Å². The van der Waals surface area contributed by atoms with E-state index in [-0.39, 0.29) is 11.9 Å². The van der Waals surface area contributed by atoms with Crippen molar-refractivity contribution in [1.29, 1.82) is 0 Å². The van der Waals surface area contributed by atoms with E-state index >= 15 is 0 Å². The van der Waals surface area contributed by atoms with E-state index in [9.17, 15) is 10.0 Å². The van der Waals surface area contributed by atoms with Crippen LogP contribution in [0.1, 0.15) is 48.9 Å². The van der Waals surface area contributed by atoms with Crippen LogP contribution in [0.15, 0.2) is 41.7 Å². The summed E-state index contributed by atoms with van der Waals surface area (Å²) in [6.45, 7) is 0.636. The predicted molar refractivity (Wildman–Crippen MR) is 112 cm³/mol. The fourth-order valence-electron chi connectivity index (χ4n) is 3.52. The molecule has 0 saturated heterocycles. The van der Waals surface area contributed by atoms with Crippen LogP contribution in [0.2, 0.25) is 5.02 Å². The molecular formula is C22H24ClN3O3. The number of hydrogen-bond donors (Lipinski definition) is 2. The highest BCUT2D eigenvalue weighted by Crippen LogP contribution is 2.33. The molecule has 29 heavy (non-hydrogen) atoms. The Morgan fingerprint density at radius 2 is 2.03 bits per heavy atom. The molecule has 2 aromatic rings. The summed E-state index contributed by atoms with van der Waals surface area (Å²) >= 11 is 6.02. The molecular weight excluding hydrogens is 390 g/mol. The number of benzene rings is 1. The van der Waals surface area contributed by atoms with Crippen molar-refractivity contribution in [2.45, 2.75) is 44.6 Å². The third kappa shape index (κ3) is 4.88. The van der Waals surface area contributed by atoms with Crippen LogP contribution in [0.25, 0.3) is 11.1 Å². The lowest BCUT2D eigenvalue weighted by Gasteiger charge is -2.24. The Morgan fingerprint density at radius 1 is 1.24 bits per heavy atom. The van der Waals surface area contributed by atoms with Gasteiger partial charge in [0.2, 0.25) is 5.88 Å². The Kier molecular flexibility index (Phi) is 6.00. The Balaban J connectivity index is 1.58. The van der Waals surface area contributed by atoms with Crippen molar-refractivity contribution >= 4 is 23.2 Å². The van der Waals surface area contributed by atoms with Crippen molar-refractivity contribution in [2.75, 3.05) is 6.61 Å². The molecule has 0 spiro atoms. The highest BCUT2D eigenvalue weighted by Gasteiger charge is 2.25. The lowest BCUT2D eigenvalue weighted by molar-refractivity contribution is 0.0943. The maximum absolute atomic E-state index is 12.8. The predicted octanol–water partition coefficient (Wildman–Crippen LogP) is 4.69. The molecule has 0 radical (unpaired) electrons. The molecule has 152 valence electrons. The number of carbonyl (C=O) groups excluding carboxylic acids is 1. The largest absolute Gasteiger partial charge is 0.477 e. The minimum atomic E-state index is -0.244. The van der Waals surface area contributed by atoms with E-state index in [4.69, 9.17) is 16.3 Å². The SMILES string of the molecule is O=C(N[C@H]1CCCCC1=NO)c1cnc(OCC2CC2)c(-c2ccc(Cl)cc2)c1. The minimum Gasteiger partial charge on any atom is -0.477 e. The summed E-state index contributed by atoms with van der Waals surface area (Å²) in [6.07, 6.45) is 7.34. The van der Waals surface area contributed by atoms with E-state index < -0.39 is 0 Å². The summed E-state index contributed by atoms with van der Waals surface area (Å²) in [5.41, 5.74) is 2.71. The van der Waals surface area contributed by atoms with Crippen LogP contribution in [0.4, 0.5) is 0 Å². The van der Waals surface area contributed by atoms with Gasteiger partial charge in [-0.2, -0.15) is 0 Å². The molecule has 7 heteroatoms. The van der Waals surface area contributed by atoms with E-state index in [2.05, 4.69) is 15.5 Å². The molecule has 2 N–H and O–H groups in total. The Labute approximate surface area is 174 Å². The normalized spacial score (nSPS) is 20.4. The number of rotatable bonds is 6. The quantitative estimate of drug-likeness (QED) is 0.531. The first-order valence-electron chi connectivity index (χ1n) is 10.0. The summed E-state index contributed by atoms with van der Waals surface area (Å²) in [6, 6.07) is 8.95. The molecule has 0 bridgehead atoms. The number of nitrogens with one attached hydrogen (secondary N) is 1. The van der Waals surface area contributed by atoms with Gasteiger partial charge >= 0.3 is 0 Å². The van der Waals surface area contributed by atoms with Crippen LogP contribution in [-0.2, 0) is 0 Å². The van der Waals surface area contributed by atoms with Gasteiger partial charge in [0.05, 0.1) is 23.9 Å². The van der Waals surface area contributed by atoms with E-state index in [1.165, 1.54) is 19.0 Å². The maximum Gasteiger partial charge on any atom is 0.253 e. The van der Waals surface area contributed by atoms with Gasteiger partial charge in [-0.25, -0.2) is 4.98 Å². The number of ether oxygens (including phenoxy) is 1. The van der Waals surface area contributed by atoms with Gasteiger partial charge in [-0.15, -0.1) is 0 Å². The Morgan fingerprint density at radius 3 is 2.76 bits per heavy atom. The Bertz CT molecular complexity index is 910. The van der Waals surface area contributed by atoms with Crippen LogP contribution < -0.4 is 10.1 Å². The summed E-state index contributed by atoms with van der Waals surface area (Å²) in [5, 5.41) is 16.2. The van der Waals surface area contributed by atoms with Crippen LogP contribution >= 0.6 is 11.6 Å². The highest BCUT2D eigenvalue weighted by atomic mass is 35.5. The van der Waals surface area contributed by atoms with Crippen molar-refractivity contribution in [1.82, 2.24) is 10.3 Å². The number of nitrogens with zero attached hydrogens (tertiary/aromatic N) is 2. The fourth-order valence-corrected chi connectivity index (χ4v) is 3.65. The second-order valence-electron chi connectivity index (χ2n) is 7.70. The van der Waals surface area contributed by atoms with Crippen LogP contribution in [0.3, 0.4) is 0 Å². The Hall–Kier alpha value is -2.60. The summed E-state index contributed by atoms with van der Waals surface area (Å²) < 4.78 is 5.94. The van der Waals surface area contributed by atoms with Gasteiger partial charge in [0.1, 0.15) is 0 Å². The second-order valence-corrected chi connectivity index (χ2v) is 8.14. The zero-order valence-electron chi connectivity index (χ0n) is 16.1. The highest BCUT2D eigenvalue weighted by molar-refractivity contribution is 6.30. The summed E-state index contributed by atoms with van der Waals surface area (Å²) in [7, 11) is 0. The van der Waals surface area contributed by atoms with Gasteiger partial charge in [0, 0.05) is 16.8 Å². The molecule has 0 unspecified atom stereocenters. The number of amides is 1. The monoisotopic (exact) mass is 413 g/mol. The molecule has 0 aliphatic heterocycles. The van der Waals surface area contributed by atoms with Gasteiger partial charge in [0.25, 0.3) is 5.91 Å². The first-order chi connectivity index (χ1) is 14.1. The lowest BCUT2D eigenvalue weighted by atomic mass is 9.93. The number of pyridine rings is 1. The first-order valence-corrected chi connectivity index (χ1v) is 10.4. The topological polar surface area (TPSA) is 83.8 Å². The summed E-state index contributed by atoms with van der Waals surface area (Å²) in [4.78, 5) is 17.3. The molecule has 2 aliphatic rings. The van der Waals surface area contributed by atoms with E-state index in [1.54, 1.807) is 18.2 Å². The molecule has 1 aromatic carbocycles. The molecule has 2 aliphatic carbocycles. The average molecular weight is 414 g/mol. The van der Waals surface area contributed by atoms with Crippen LogP contribution in [-0.4, -0.2) is 34.5 Å². The molecule has 2 fully saturated rings. The van der Waals surface area contributed by atoms with Crippen LogP contribution in [0.5, 0.6) is 5.88 Å². The zero-order chi connectivity index (χ0) is 20.2. The van der Waals surface area contributed by atoms with E-state index in [1.807, 2.05) is 12.1 Å². The molecule has 6 nitrogen and oxygen atoms in total. The van der Waals surface area contributed by atoms with Crippen molar-refractivity contribution in [3.05, 3.63) is 47.1 Å². The van der Waals surface area contributed by atoms with Gasteiger partial charge in [-0.3, -0.25) is 4.79 Å². The molecule has 2 saturated carbocycles. The standard InChI is InChI=1S/C22H24ClN3O3/c23-17-9-7-15(8-10-17)18-11-16(12-24-22(18)29-13-14-5-6-14)21(27)25-19-3-1-2-4-20(19)26-28/h7-12,14,19,28H,1-6,13H2,(H,25,27)/t19-/m0/s1. The van der Waals surface area contributed by atoms with Crippen molar-refractivity contribution < 1.29 is 14.7 Å². The smallest absolute Gasteiger partial charge is 0.253 e. The van der Waals surface area contributed by atoms with E-state index in [0.29, 0.717) is 41.1 Å². The van der Waals surface area contributed by atoms with Gasteiger partial charge in [-0.05, 0) is 61.8 Å². The molecule has 4 rings (SSSR count). The number of hydrogen-bond acceptors (Lipinski definition) is 5. The van der Waals surface area contributed by atoms with Crippen molar-refractivity contribution in [3.8, 4) is 17.0 Å². The number of halogens is 1. The first kappa shape index (κ1) is 19.7. The molecule has 1 heterocycles. The van der Waals surface area contributed by atoms with Crippen LogP contribution in [0, 0.1) is 5.92 Å². The van der Waals surface area contributed by atoms with Gasteiger partial charge in [-0.1, -0.05) is 35.3 Å². The molecule has 1 amide bonds. The number of carbonyl (C=O) groups is 1. The average Bonchev–Trinajstić information content (AvgIpc) is 3.58. The number of aromatic nitrogens is 1.